The molecule has 0 saturated carbocycles. The summed E-state index contributed by atoms with van der Waals surface area (Å²) in [6.45, 7) is 9.87. The number of methoxy groups -OCH3 is 1. The first-order valence-corrected chi connectivity index (χ1v) is 7.01. The Hall–Kier alpha value is -1.06. The van der Waals surface area contributed by atoms with E-state index in [0.717, 1.165) is 36.4 Å². The van der Waals surface area contributed by atoms with Gasteiger partial charge in [-0.05, 0) is 57.8 Å². The van der Waals surface area contributed by atoms with Gasteiger partial charge in [-0.25, -0.2) is 0 Å². The van der Waals surface area contributed by atoms with Gasteiger partial charge in [-0.1, -0.05) is 19.1 Å². The highest BCUT2D eigenvalue weighted by Crippen LogP contribution is 2.35. The maximum absolute atomic E-state index is 10.7. The lowest BCUT2D eigenvalue weighted by atomic mass is 9.89. The summed E-state index contributed by atoms with van der Waals surface area (Å²) >= 11 is 0. The summed E-state index contributed by atoms with van der Waals surface area (Å²) in [5.74, 6) is 0.806. The number of aliphatic hydroxyl groups is 1. The normalized spacial score (nSPS) is 14.2. The summed E-state index contributed by atoms with van der Waals surface area (Å²) < 4.78 is 5.49. The second-order valence-electron chi connectivity index (χ2n) is 5.36. The van der Waals surface area contributed by atoms with Crippen LogP contribution in [0.5, 0.6) is 5.75 Å². The third-order valence-electron chi connectivity index (χ3n) is 3.68. The van der Waals surface area contributed by atoms with E-state index < -0.39 is 5.60 Å². The molecule has 2 N–H and O–H groups in total. The van der Waals surface area contributed by atoms with Crippen molar-refractivity contribution in [2.75, 3.05) is 20.2 Å². The van der Waals surface area contributed by atoms with Crippen molar-refractivity contribution >= 4 is 0 Å². The summed E-state index contributed by atoms with van der Waals surface area (Å²) in [6.07, 6.45) is 1.78. The fraction of sp³-hybridized carbons (Fsp3) is 0.625. The van der Waals surface area contributed by atoms with Crippen molar-refractivity contribution < 1.29 is 9.84 Å². The summed E-state index contributed by atoms with van der Waals surface area (Å²) in [5.41, 5.74) is 2.28. The molecule has 3 heteroatoms. The Labute approximate surface area is 117 Å². The van der Waals surface area contributed by atoms with Crippen LogP contribution in [0, 0.1) is 13.8 Å². The van der Waals surface area contributed by atoms with E-state index in [2.05, 4.69) is 19.2 Å². The fourth-order valence-corrected chi connectivity index (χ4v) is 2.25. The van der Waals surface area contributed by atoms with Gasteiger partial charge in [0.2, 0.25) is 0 Å². The predicted octanol–water partition coefficient (Wildman–Crippen LogP) is 2.91. The number of nitrogens with one attached hydrogen (secondary N) is 1. The summed E-state index contributed by atoms with van der Waals surface area (Å²) in [6, 6.07) is 4.02. The van der Waals surface area contributed by atoms with Crippen LogP contribution in [-0.4, -0.2) is 25.3 Å². The van der Waals surface area contributed by atoms with Crippen LogP contribution in [0.1, 0.15) is 43.4 Å². The van der Waals surface area contributed by atoms with Crippen molar-refractivity contribution in [2.45, 2.75) is 46.1 Å². The largest absolute Gasteiger partial charge is 0.496 e. The molecule has 0 spiro atoms. The molecule has 19 heavy (non-hydrogen) atoms. The highest BCUT2D eigenvalue weighted by Gasteiger charge is 2.27. The van der Waals surface area contributed by atoms with Crippen LogP contribution < -0.4 is 10.1 Å². The average Bonchev–Trinajstić information content (AvgIpc) is 2.37. The van der Waals surface area contributed by atoms with E-state index in [1.54, 1.807) is 7.11 Å². The van der Waals surface area contributed by atoms with E-state index in [-0.39, 0.29) is 0 Å². The number of rotatable bonds is 7. The minimum Gasteiger partial charge on any atom is -0.496 e. The Morgan fingerprint density at radius 3 is 2.53 bits per heavy atom. The predicted molar refractivity (Wildman–Crippen MR) is 79.8 cm³/mol. The standard InChI is InChI=1S/C16H27NO2/c1-6-10-17-11-9-16(4,18)14-8-7-12(2)13(3)15(14)19-5/h7-8,17-18H,6,9-11H2,1-5H3. The van der Waals surface area contributed by atoms with Crippen molar-refractivity contribution in [3.05, 3.63) is 28.8 Å². The van der Waals surface area contributed by atoms with E-state index in [1.807, 2.05) is 26.0 Å². The van der Waals surface area contributed by atoms with Gasteiger partial charge in [0.25, 0.3) is 0 Å². The molecule has 0 heterocycles. The second-order valence-corrected chi connectivity index (χ2v) is 5.36. The van der Waals surface area contributed by atoms with Crippen LogP contribution in [0.2, 0.25) is 0 Å². The summed E-state index contributed by atoms with van der Waals surface area (Å²) in [5, 5.41) is 14.0. The molecule has 1 aromatic rings. The third-order valence-corrected chi connectivity index (χ3v) is 3.68. The van der Waals surface area contributed by atoms with E-state index in [9.17, 15) is 5.11 Å². The quantitative estimate of drug-likeness (QED) is 0.745. The minimum absolute atomic E-state index is 0.672. The van der Waals surface area contributed by atoms with Gasteiger partial charge in [-0.3, -0.25) is 0 Å². The van der Waals surface area contributed by atoms with Crippen LogP contribution in [0.4, 0.5) is 0 Å². The van der Waals surface area contributed by atoms with Gasteiger partial charge in [0.05, 0.1) is 12.7 Å². The molecule has 0 aliphatic rings. The first-order chi connectivity index (χ1) is 8.94. The molecular formula is C16H27NO2. The fourth-order valence-electron chi connectivity index (χ4n) is 2.25. The third kappa shape index (κ3) is 3.95. The van der Waals surface area contributed by atoms with Crippen molar-refractivity contribution in [3.63, 3.8) is 0 Å². The summed E-state index contributed by atoms with van der Waals surface area (Å²) in [7, 11) is 1.66. The summed E-state index contributed by atoms with van der Waals surface area (Å²) in [4.78, 5) is 0. The molecule has 0 aliphatic heterocycles. The molecule has 108 valence electrons. The molecule has 1 rings (SSSR count). The molecule has 1 atom stereocenters. The van der Waals surface area contributed by atoms with Crippen molar-refractivity contribution in [1.82, 2.24) is 5.32 Å². The van der Waals surface area contributed by atoms with Gasteiger partial charge in [-0.15, -0.1) is 0 Å². The van der Waals surface area contributed by atoms with E-state index in [4.69, 9.17) is 4.74 Å². The Morgan fingerprint density at radius 1 is 1.26 bits per heavy atom. The minimum atomic E-state index is -0.870. The van der Waals surface area contributed by atoms with E-state index in [1.165, 1.54) is 5.56 Å². The zero-order valence-corrected chi connectivity index (χ0v) is 12.8. The van der Waals surface area contributed by atoms with E-state index in [0.29, 0.717) is 6.42 Å². The van der Waals surface area contributed by atoms with Crippen molar-refractivity contribution in [1.29, 1.82) is 0 Å². The molecule has 0 saturated heterocycles. The maximum Gasteiger partial charge on any atom is 0.128 e. The van der Waals surface area contributed by atoms with Crippen molar-refractivity contribution in [3.8, 4) is 5.75 Å². The number of hydrogen-bond donors (Lipinski definition) is 2. The highest BCUT2D eigenvalue weighted by atomic mass is 16.5. The Balaban J connectivity index is 2.91. The van der Waals surface area contributed by atoms with Gasteiger partial charge in [0.15, 0.2) is 0 Å². The smallest absolute Gasteiger partial charge is 0.128 e. The molecule has 3 nitrogen and oxygen atoms in total. The van der Waals surface area contributed by atoms with Crippen LogP contribution in [0.25, 0.3) is 0 Å². The van der Waals surface area contributed by atoms with Gasteiger partial charge >= 0.3 is 0 Å². The van der Waals surface area contributed by atoms with Gasteiger partial charge < -0.3 is 15.2 Å². The number of benzene rings is 1. The molecule has 0 fully saturated rings. The van der Waals surface area contributed by atoms with Gasteiger partial charge in [-0.2, -0.15) is 0 Å². The zero-order valence-electron chi connectivity index (χ0n) is 12.8. The lowest BCUT2D eigenvalue weighted by Crippen LogP contribution is -2.29. The zero-order chi connectivity index (χ0) is 14.5. The molecule has 0 aromatic heterocycles. The lowest BCUT2D eigenvalue weighted by molar-refractivity contribution is 0.0454. The SMILES string of the molecule is CCCNCCC(C)(O)c1ccc(C)c(C)c1OC. The topological polar surface area (TPSA) is 41.5 Å². The molecule has 1 unspecified atom stereocenters. The highest BCUT2D eigenvalue weighted by molar-refractivity contribution is 5.47. The molecule has 1 aromatic carbocycles. The number of aryl methyl sites for hydroxylation is 1. The second kappa shape index (κ2) is 6.92. The lowest BCUT2D eigenvalue weighted by Gasteiger charge is -2.27. The van der Waals surface area contributed by atoms with Gasteiger partial charge in [0.1, 0.15) is 5.75 Å². The first-order valence-electron chi connectivity index (χ1n) is 7.01. The Kier molecular flexibility index (Phi) is 5.83. The first kappa shape index (κ1) is 16.0. The van der Waals surface area contributed by atoms with Crippen LogP contribution in [0.15, 0.2) is 12.1 Å². The van der Waals surface area contributed by atoms with Crippen molar-refractivity contribution in [2.24, 2.45) is 0 Å². The molecule has 0 radical (unpaired) electrons. The molecule has 0 amide bonds. The van der Waals surface area contributed by atoms with Gasteiger partial charge in [0, 0.05) is 5.56 Å². The Morgan fingerprint density at radius 2 is 1.95 bits per heavy atom. The van der Waals surface area contributed by atoms with Crippen LogP contribution in [-0.2, 0) is 5.60 Å². The number of hydrogen-bond acceptors (Lipinski definition) is 3. The van der Waals surface area contributed by atoms with E-state index >= 15 is 0 Å². The van der Waals surface area contributed by atoms with Crippen LogP contribution >= 0.6 is 0 Å². The van der Waals surface area contributed by atoms with Crippen LogP contribution in [0.3, 0.4) is 0 Å². The molecule has 0 aliphatic carbocycles. The molecule has 0 bridgehead atoms. The average molecular weight is 265 g/mol. The monoisotopic (exact) mass is 265 g/mol. The maximum atomic E-state index is 10.7. The number of ether oxygens (including phenoxy) is 1. The Bertz CT molecular complexity index is 413. The molecular weight excluding hydrogens is 238 g/mol.